The Hall–Kier alpha value is -2.24. The summed E-state index contributed by atoms with van der Waals surface area (Å²) in [5, 5.41) is 4.25. The number of hydrogen-bond donors (Lipinski definition) is 1. The second kappa shape index (κ2) is 6.10. The second-order valence-corrected chi connectivity index (χ2v) is 6.58. The van der Waals surface area contributed by atoms with E-state index in [1.54, 1.807) is 11.3 Å². The average Bonchev–Trinajstić information content (AvgIpc) is 3.09. The molecule has 0 saturated heterocycles. The van der Waals surface area contributed by atoms with E-state index < -0.39 is 0 Å². The predicted molar refractivity (Wildman–Crippen MR) is 92.4 cm³/mol. The Bertz CT molecular complexity index is 856. The summed E-state index contributed by atoms with van der Waals surface area (Å²) in [7, 11) is 0. The number of benzene rings is 1. The van der Waals surface area contributed by atoms with Crippen molar-refractivity contribution in [2.45, 2.75) is 19.5 Å². The van der Waals surface area contributed by atoms with Gasteiger partial charge in [-0.3, -0.25) is 9.69 Å². The fraction of sp³-hybridized carbons (Fsp3) is 0.222. The summed E-state index contributed by atoms with van der Waals surface area (Å²) in [5.74, 6) is 0.667. The first-order valence-corrected chi connectivity index (χ1v) is 8.65. The number of H-pyrrole nitrogens is 1. The second-order valence-electron chi connectivity index (χ2n) is 5.80. The molecule has 0 bridgehead atoms. The molecular weight excluding hydrogens is 306 g/mol. The number of aromatic nitrogens is 2. The van der Waals surface area contributed by atoms with E-state index in [1.165, 1.54) is 5.56 Å². The molecule has 0 saturated carbocycles. The third-order valence-corrected chi connectivity index (χ3v) is 4.91. The molecule has 0 atom stereocenters. The maximum atomic E-state index is 12.5. The molecule has 1 aromatic carbocycles. The number of thiophene rings is 1. The molecule has 1 aliphatic rings. The van der Waals surface area contributed by atoms with Crippen molar-refractivity contribution >= 4 is 11.3 Å². The molecule has 2 aromatic heterocycles. The zero-order chi connectivity index (χ0) is 15.6. The van der Waals surface area contributed by atoms with E-state index in [0.717, 1.165) is 36.3 Å². The Balaban J connectivity index is 1.62. The molecule has 4 nitrogen and oxygen atoms in total. The fourth-order valence-corrected chi connectivity index (χ4v) is 3.65. The topological polar surface area (TPSA) is 49.0 Å². The first kappa shape index (κ1) is 14.4. The molecule has 1 aliphatic heterocycles. The van der Waals surface area contributed by atoms with Crippen LogP contribution in [-0.2, 0) is 19.5 Å². The Morgan fingerprint density at radius 3 is 2.87 bits per heavy atom. The molecule has 3 aromatic rings. The van der Waals surface area contributed by atoms with Gasteiger partial charge in [0.1, 0.15) is 5.82 Å². The van der Waals surface area contributed by atoms with Crippen LogP contribution in [0.5, 0.6) is 0 Å². The van der Waals surface area contributed by atoms with Gasteiger partial charge in [0.25, 0.3) is 5.56 Å². The van der Waals surface area contributed by atoms with Gasteiger partial charge in [-0.15, -0.1) is 0 Å². The van der Waals surface area contributed by atoms with Crippen LogP contribution in [0.15, 0.2) is 52.0 Å². The molecule has 0 fully saturated rings. The molecule has 1 N–H and O–H groups in total. The average molecular weight is 323 g/mol. The summed E-state index contributed by atoms with van der Waals surface area (Å²) < 4.78 is 0. The summed E-state index contributed by atoms with van der Waals surface area (Å²) in [6.45, 7) is 2.50. The van der Waals surface area contributed by atoms with Crippen LogP contribution in [0.3, 0.4) is 0 Å². The predicted octanol–water partition coefficient (Wildman–Crippen LogP) is 3.06. The third kappa shape index (κ3) is 2.98. The Kier molecular flexibility index (Phi) is 3.81. The third-order valence-electron chi connectivity index (χ3n) is 4.18. The van der Waals surface area contributed by atoms with Gasteiger partial charge in [-0.1, -0.05) is 30.3 Å². The number of fused-ring (bicyclic) bond motifs is 1. The van der Waals surface area contributed by atoms with Crippen molar-refractivity contribution in [2.24, 2.45) is 0 Å². The lowest BCUT2D eigenvalue weighted by atomic mass is 10.1. The Morgan fingerprint density at radius 1 is 1.22 bits per heavy atom. The van der Waals surface area contributed by atoms with Crippen LogP contribution in [0.4, 0.5) is 0 Å². The van der Waals surface area contributed by atoms with E-state index in [4.69, 9.17) is 4.98 Å². The minimum atomic E-state index is -0.0103. The molecular formula is C18H17N3OS. The molecule has 4 rings (SSSR count). The van der Waals surface area contributed by atoms with E-state index in [9.17, 15) is 4.79 Å². The van der Waals surface area contributed by atoms with Crippen molar-refractivity contribution in [2.75, 3.05) is 6.54 Å². The van der Waals surface area contributed by atoms with E-state index in [-0.39, 0.29) is 5.56 Å². The minimum Gasteiger partial charge on any atom is -0.306 e. The zero-order valence-electron chi connectivity index (χ0n) is 12.7. The van der Waals surface area contributed by atoms with Crippen molar-refractivity contribution in [3.8, 4) is 11.4 Å². The first-order valence-electron chi connectivity index (χ1n) is 7.70. The molecule has 3 heterocycles. The monoisotopic (exact) mass is 323 g/mol. The lowest BCUT2D eigenvalue weighted by Crippen LogP contribution is -2.35. The summed E-state index contributed by atoms with van der Waals surface area (Å²) in [4.78, 5) is 22.4. The van der Waals surface area contributed by atoms with E-state index >= 15 is 0 Å². The summed E-state index contributed by atoms with van der Waals surface area (Å²) in [5.41, 5.74) is 4.00. The van der Waals surface area contributed by atoms with Crippen molar-refractivity contribution in [3.63, 3.8) is 0 Å². The molecule has 5 heteroatoms. The van der Waals surface area contributed by atoms with Gasteiger partial charge in [0.05, 0.1) is 11.3 Å². The number of rotatable bonds is 3. The van der Waals surface area contributed by atoms with Gasteiger partial charge in [0.2, 0.25) is 0 Å². The Morgan fingerprint density at radius 2 is 2.09 bits per heavy atom. The van der Waals surface area contributed by atoms with Gasteiger partial charge in [-0.25, -0.2) is 4.98 Å². The van der Waals surface area contributed by atoms with Crippen molar-refractivity contribution in [1.82, 2.24) is 14.9 Å². The highest BCUT2D eigenvalue weighted by Gasteiger charge is 2.21. The SMILES string of the molecule is O=c1[nH]c(-c2ccccc2)nc2c1CN(Cc1ccsc1)CC2. The van der Waals surface area contributed by atoms with Gasteiger partial charge in [0.15, 0.2) is 0 Å². The van der Waals surface area contributed by atoms with Crippen LogP contribution in [0.1, 0.15) is 16.8 Å². The highest BCUT2D eigenvalue weighted by atomic mass is 32.1. The van der Waals surface area contributed by atoms with E-state index in [1.807, 2.05) is 30.3 Å². The van der Waals surface area contributed by atoms with Crippen molar-refractivity contribution in [1.29, 1.82) is 0 Å². The zero-order valence-corrected chi connectivity index (χ0v) is 13.5. The van der Waals surface area contributed by atoms with Gasteiger partial charge >= 0.3 is 0 Å². The number of aromatic amines is 1. The van der Waals surface area contributed by atoms with Crippen LogP contribution in [0.25, 0.3) is 11.4 Å². The summed E-state index contributed by atoms with van der Waals surface area (Å²) >= 11 is 1.71. The highest BCUT2D eigenvalue weighted by molar-refractivity contribution is 7.07. The fourth-order valence-electron chi connectivity index (χ4n) is 2.99. The van der Waals surface area contributed by atoms with Crippen LogP contribution in [0.2, 0.25) is 0 Å². The lowest BCUT2D eigenvalue weighted by Gasteiger charge is -2.27. The number of nitrogens with zero attached hydrogens (tertiary/aromatic N) is 2. The van der Waals surface area contributed by atoms with Crippen LogP contribution >= 0.6 is 11.3 Å². The molecule has 116 valence electrons. The van der Waals surface area contributed by atoms with Crippen LogP contribution < -0.4 is 5.56 Å². The highest BCUT2D eigenvalue weighted by Crippen LogP contribution is 2.20. The summed E-state index contributed by atoms with van der Waals surface area (Å²) in [6, 6.07) is 11.9. The van der Waals surface area contributed by atoms with Crippen LogP contribution in [0, 0.1) is 0 Å². The van der Waals surface area contributed by atoms with E-state index in [0.29, 0.717) is 12.4 Å². The number of hydrogen-bond acceptors (Lipinski definition) is 4. The largest absolute Gasteiger partial charge is 0.306 e. The van der Waals surface area contributed by atoms with Gasteiger partial charge in [-0.05, 0) is 22.4 Å². The molecule has 0 radical (unpaired) electrons. The van der Waals surface area contributed by atoms with Gasteiger partial charge < -0.3 is 4.98 Å². The normalized spacial score (nSPS) is 14.6. The standard InChI is InChI=1S/C18H17N3OS/c22-18-15-11-21(10-13-7-9-23-12-13)8-6-16(15)19-17(20-18)14-4-2-1-3-5-14/h1-5,7,9,12H,6,8,10-11H2,(H,19,20,22). The molecule has 0 spiro atoms. The van der Waals surface area contributed by atoms with Gasteiger partial charge in [-0.2, -0.15) is 11.3 Å². The molecule has 0 aliphatic carbocycles. The maximum Gasteiger partial charge on any atom is 0.255 e. The Labute approximate surface area is 138 Å². The van der Waals surface area contributed by atoms with Crippen molar-refractivity contribution in [3.05, 3.63) is 74.3 Å². The minimum absolute atomic E-state index is 0.0103. The summed E-state index contributed by atoms with van der Waals surface area (Å²) in [6.07, 6.45) is 0.823. The quantitative estimate of drug-likeness (QED) is 0.806. The number of nitrogens with one attached hydrogen (secondary N) is 1. The molecule has 0 unspecified atom stereocenters. The van der Waals surface area contributed by atoms with Crippen molar-refractivity contribution < 1.29 is 0 Å². The van der Waals surface area contributed by atoms with Gasteiger partial charge in [0, 0.05) is 31.6 Å². The lowest BCUT2D eigenvalue weighted by molar-refractivity contribution is 0.242. The smallest absolute Gasteiger partial charge is 0.255 e. The first-order chi connectivity index (χ1) is 11.3. The maximum absolute atomic E-state index is 12.5. The molecule has 0 amide bonds. The van der Waals surface area contributed by atoms with E-state index in [2.05, 4.69) is 26.7 Å². The van der Waals surface area contributed by atoms with Crippen LogP contribution in [-0.4, -0.2) is 21.4 Å². The molecule has 23 heavy (non-hydrogen) atoms.